The van der Waals surface area contributed by atoms with Gasteiger partial charge in [-0.25, -0.2) is 9.18 Å². The Morgan fingerprint density at radius 3 is 2.31 bits per heavy atom. The average Bonchev–Trinajstić information content (AvgIpc) is 2.65. The van der Waals surface area contributed by atoms with Crippen molar-refractivity contribution in [1.82, 2.24) is 15.5 Å². The SMILES string of the molecule is CC(C)(C)OC(=O)NCCC(=O)NCC1CCN(C(=O)c2ccc(F)cc2)CC1. The third kappa shape index (κ3) is 8.09. The van der Waals surface area contributed by atoms with Crippen molar-refractivity contribution < 1.29 is 23.5 Å². The van der Waals surface area contributed by atoms with Gasteiger partial charge in [-0.1, -0.05) is 0 Å². The van der Waals surface area contributed by atoms with E-state index in [1.54, 1.807) is 25.7 Å². The van der Waals surface area contributed by atoms with E-state index in [4.69, 9.17) is 4.74 Å². The van der Waals surface area contributed by atoms with Crippen molar-refractivity contribution in [3.05, 3.63) is 35.6 Å². The highest BCUT2D eigenvalue weighted by molar-refractivity contribution is 5.94. The van der Waals surface area contributed by atoms with Crippen LogP contribution < -0.4 is 10.6 Å². The van der Waals surface area contributed by atoms with Crippen LogP contribution in [0.4, 0.5) is 9.18 Å². The third-order valence-electron chi connectivity index (χ3n) is 4.60. The maximum Gasteiger partial charge on any atom is 0.407 e. The van der Waals surface area contributed by atoms with Gasteiger partial charge in [0.15, 0.2) is 0 Å². The quantitative estimate of drug-likeness (QED) is 0.759. The number of benzene rings is 1. The summed E-state index contributed by atoms with van der Waals surface area (Å²) in [4.78, 5) is 37.7. The van der Waals surface area contributed by atoms with E-state index in [1.807, 2.05) is 0 Å². The van der Waals surface area contributed by atoms with Crippen molar-refractivity contribution >= 4 is 17.9 Å². The first-order valence-electron chi connectivity index (χ1n) is 9.92. The largest absolute Gasteiger partial charge is 0.444 e. The lowest BCUT2D eigenvalue weighted by atomic mass is 9.96. The molecule has 2 rings (SSSR count). The van der Waals surface area contributed by atoms with Gasteiger partial charge in [0.05, 0.1) is 0 Å². The molecule has 1 saturated heterocycles. The van der Waals surface area contributed by atoms with E-state index < -0.39 is 11.7 Å². The number of piperidine rings is 1. The van der Waals surface area contributed by atoms with Crippen LogP contribution in [0.1, 0.15) is 50.4 Å². The fraction of sp³-hybridized carbons (Fsp3) is 0.571. The van der Waals surface area contributed by atoms with E-state index in [9.17, 15) is 18.8 Å². The molecule has 0 atom stereocenters. The van der Waals surface area contributed by atoms with Crippen molar-refractivity contribution in [2.24, 2.45) is 5.92 Å². The van der Waals surface area contributed by atoms with Crippen LogP contribution in [-0.4, -0.2) is 54.6 Å². The van der Waals surface area contributed by atoms with Gasteiger partial charge in [0.25, 0.3) is 5.91 Å². The van der Waals surface area contributed by atoms with E-state index in [1.165, 1.54) is 24.3 Å². The van der Waals surface area contributed by atoms with E-state index >= 15 is 0 Å². The van der Waals surface area contributed by atoms with E-state index in [2.05, 4.69) is 10.6 Å². The van der Waals surface area contributed by atoms with Crippen LogP contribution in [0.5, 0.6) is 0 Å². The van der Waals surface area contributed by atoms with Crippen molar-refractivity contribution in [1.29, 1.82) is 0 Å². The Labute approximate surface area is 171 Å². The molecule has 3 amide bonds. The van der Waals surface area contributed by atoms with Gasteiger partial charge in [-0.3, -0.25) is 9.59 Å². The number of ether oxygens (including phenoxy) is 1. The van der Waals surface area contributed by atoms with Crippen molar-refractivity contribution in [2.45, 2.75) is 45.6 Å². The Hall–Kier alpha value is -2.64. The number of amides is 3. The standard InChI is InChI=1S/C21H30FN3O4/c1-21(2,3)29-20(28)23-11-8-18(26)24-14-15-9-12-25(13-10-15)19(27)16-4-6-17(22)7-5-16/h4-7,15H,8-14H2,1-3H3,(H,23,28)(H,24,26). The summed E-state index contributed by atoms with van der Waals surface area (Å²) in [6.45, 7) is 7.30. The Bertz CT molecular complexity index is 708. The first-order chi connectivity index (χ1) is 13.6. The lowest BCUT2D eigenvalue weighted by Gasteiger charge is -2.32. The molecule has 1 aliphatic heterocycles. The lowest BCUT2D eigenvalue weighted by Crippen LogP contribution is -2.42. The highest BCUT2D eigenvalue weighted by atomic mass is 19.1. The summed E-state index contributed by atoms with van der Waals surface area (Å²) in [7, 11) is 0. The van der Waals surface area contributed by atoms with Gasteiger partial charge < -0.3 is 20.3 Å². The fourth-order valence-corrected chi connectivity index (χ4v) is 3.05. The summed E-state index contributed by atoms with van der Waals surface area (Å²) < 4.78 is 18.1. The van der Waals surface area contributed by atoms with Crippen LogP contribution in [0.3, 0.4) is 0 Å². The monoisotopic (exact) mass is 407 g/mol. The molecule has 1 aliphatic rings. The van der Waals surface area contributed by atoms with Crippen LogP contribution in [0.15, 0.2) is 24.3 Å². The second kappa shape index (κ2) is 10.2. The summed E-state index contributed by atoms with van der Waals surface area (Å²) in [5, 5.41) is 5.44. The molecule has 160 valence electrons. The number of carbonyl (C=O) groups excluding carboxylic acids is 3. The summed E-state index contributed by atoms with van der Waals surface area (Å²) >= 11 is 0. The smallest absolute Gasteiger partial charge is 0.407 e. The molecule has 7 nitrogen and oxygen atoms in total. The Kier molecular flexibility index (Phi) is 7.99. The van der Waals surface area contributed by atoms with Gasteiger partial charge in [0.1, 0.15) is 11.4 Å². The highest BCUT2D eigenvalue weighted by Crippen LogP contribution is 2.18. The minimum absolute atomic E-state index is 0.0966. The summed E-state index contributed by atoms with van der Waals surface area (Å²) in [5.74, 6) is -0.293. The molecule has 0 aromatic heterocycles. The molecule has 0 radical (unpaired) electrons. The molecule has 0 aliphatic carbocycles. The molecule has 2 N–H and O–H groups in total. The van der Waals surface area contributed by atoms with Crippen molar-refractivity contribution in [3.63, 3.8) is 0 Å². The summed E-state index contributed by atoms with van der Waals surface area (Å²) in [6.07, 6.45) is 1.23. The Balaban J connectivity index is 1.63. The zero-order chi connectivity index (χ0) is 21.4. The number of nitrogens with zero attached hydrogens (tertiary/aromatic N) is 1. The van der Waals surface area contributed by atoms with E-state index in [-0.39, 0.29) is 30.6 Å². The molecule has 0 unspecified atom stereocenters. The van der Waals surface area contributed by atoms with Gasteiger partial charge >= 0.3 is 6.09 Å². The molecule has 1 fully saturated rings. The van der Waals surface area contributed by atoms with E-state index in [0.717, 1.165) is 12.8 Å². The number of halogens is 1. The van der Waals surface area contributed by atoms with Crippen molar-refractivity contribution in [3.8, 4) is 0 Å². The van der Waals surface area contributed by atoms with Crippen LogP contribution in [-0.2, 0) is 9.53 Å². The summed E-state index contributed by atoms with van der Waals surface area (Å²) in [5.41, 5.74) is -0.0881. The van der Waals surface area contributed by atoms with Gasteiger partial charge in [0.2, 0.25) is 5.91 Å². The molecule has 0 saturated carbocycles. The molecule has 29 heavy (non-hydrogen) atoms. The zero-order valence-corrected chi connectivity index (χ0v) is 17.3. The number of alkyl carbamates (subject to hydrolysis) is 1. The normalized spacial score (nSPS) is 15.0. The fourth-order valence-electron chi connectivity index (χ4n) is 3.05. The van der Waals surface area contributed by atoms with Gasteiger partial charge in [-0.2, -0.15) is 0 Å². The molecule has 8 heteroatoms. The predicted octanol–water partition coefficient (Wildman–Crippen LogP) is 2.71. The number of likely N-dealkylation sites (tertiary alicyclic amines) is 1. The molecule has 0 bridgehead atoms. The second-order valence-electron chi connectivity index (χ2n) is 8.23. The predicted molar refractivity (Wildman–Crippen MR) is 107 cm³/mol. The Morgan fingerprint density at radius 2 is 1.72 bits per heavy atom. The third-order valence-corrected chi connectivity index (χ3v) is 4.60. The maximum atomic E-state index is 13.0. The number of nitrogens with one attached hydrogen (secondary N) is 2. The topological polar surface area (TPSA) is 87.7 Å². The van der Waals surface area contributed by atoms with Crippen LogP contribution in [0.2, 0.25) is 0 Å². The highest BCUT2D eigenvalue weighted by Gasteiger charge is 2.24. The molecule has 0 spiro atoms. The summed E-state index contributed by atoms with van der Waals surface area (Å²) in [6, 6.07) is 5.56. The molecule has 1 aromatic carbocycles. The van der Waals surface area contributed by atoms with Gasteiger partial charge in [-0.05, 0) is 63.8 Å². The number of carbonyl (C=O) groups is 3. The average molecular weight is 407 g/mol. The number of rotatable bonds is 6. The molecule has 1 heterocycles. The van der Waals surface area contributed by atoms with Gasteiger partial charge in [-0.15, -0.1) is 0 Å². The molecule has 1 aromatic rings. The van der Waals surface area contributed by atoms with E-state index in [0.29, 0.717) is 31.1 Å². The van der Waals surface area contributed by atoms with Crippen LogP contribution in [0, 0.1) is 11.7 Å². The number of hydrogen-bond donors (Lipinski definition) is 2. The first kappa shape index (κ1) is 22.6. The Morgan fingerprint density at radius 1 is 1.10 bits per heavy atom. The molecular weight excluding hydrogens is 377 g/mol. The van der Waals surface area contributed by atoms with Gasteiger partial charge in [0, 0.05) is 38.2 Å². The first-order valence-corrected chi connectivity index (χ1v) is 9.92. The number of hydrogen-bond acceptors (Lipinski definition) is 4. The minimum Gasteiger partial charge on any atom is -0.444 e. The second-order valence-corrected chi connectivity index (χ2v) is 8.23. The van der Waals surface area contributed by atoms with Crippen LogP contribution in [0.25, 0.3) is 0 Å². The minimum atomic E-state index is -0.570. The molecular formula is C21H30FN3O4. The van der Waals surface area contributed by atoms with Crippen molar-refractivity contribution in [2.75, 3.05) is 26.2 Å². The van der Waals surface area contributed by atoms with Crippen LogP contribution >= 0.6 is 0 Å². The maximum absolute atomic E-state index is 13.0. The zero-order valence-electron chi connectivity index (χ0n) is 17.3. The lowest BCUT2D eigenvalue weighted by molar-refractivity contribution is -0.121.